The Hall–Kier alpha value is -1.33. The van der Waals surface area contributed by atoms with Crippen LogP contribution >= 0.6 is 23.2 Å². The van der Waals surface area contributed by atoms with E-state index in [9.17, 15) is 9.59 Å². The average Bonchev–Trinajstić information content (AvgIpc) is 2.22. The molecule has 0 saturated heterocycles. The van der Waals surface area contributed by atoms with Crippen molar-refractivity contribution in [1.29, 1.82) is 0 Å². The van der Waals surface area contributed by atoms with Crippen molar-refractivity contribution >= 4 is 40.8 Å². The van der Waals surface area contributed by atoms with Gasteiger partial charge in [-0.2, -0.15) is 0 Å². The van der Waals surface area contributed by atoms with Crippen LogP contribution < -0.4 is 5.32 Å². The number of carbonyl (C=O) groups is 2. The second-order valence-corrected chi connectivity index (χ2v) is 3.46. The molecule has 0 aliphatic heterocycles. The van der Waals surface area contributed by atoms with Gasteiger partial charge in [0.15, 0.2) is 0 Å². The van der Waals surface area contributed by atoms with Gasteiger partial charge in [-0.3, -0.25) is 4.79 Å². The fraction of sp³-hybridized carbons (Fsp3) is 0.222. The number of carbonyl (C=O) groups excluding carboxylic acids is 2. The molecule has 1 aromatic rings. The molecule has 1 N–H and O–H groups in total. The summed E-state index contributed by atoms with van der Waals surface area (Å²) in [5.74, 6) is -1.89. The number of nitrogens with zero attached hydrogens (tertiary/aromatic N) is 1. The number of halogens is 2. The van der Waals surface area contributed by atoms with Crippen molar-refractivity contribution < 1.29 is 14.3 Å². The number of rotatable bonds is 2. The van der Waals surface area contributed by atoms with Crippen molar-refractivity contribution in [3.63, 3.8) is 0 Å². The molecule has 0 saturated carbocycles. The van der Waals surface area contributed by atoms with Crippen molar-refractivity contribution in [1.82, 2.24) is 4.98 Å². The van der Waals surface area contributed by atoms with E-state index in [-0.39, 0.29) is 22.5 Å². The molecule has 0 atom stereocenters. The van der Waals surface area contributed by atoms with Gasteiger partial charge in [0, 0.05) is 0 Å². The highest BCUT2D eigenvalue weighted by molar-refractivity contribution is 6.40. The summed E-state index contributed by atoms with van der Waals surface area (Å²) in [5.41, 5.74) is 0.198. The molecule has 16 heavy (non-hydrogen) atoms. The number of amides is 1. The van der Waals surface area contributed by atoms with Crippen molar-refractivity contribution in [3.8, 4) is 0 Å². The molecule has 0 aromatic carbocycles. The average molecular weight is 263 g/mol. The van der Waals surface area contributed by atoms with Crippen LogP contribution in [0.2, 0.25) is 10.2 Å². The predicted molar refractivity (Wildman–Crippen MR) is 59.5 cm³/mol. The van der Waals surface area contributed by atoms with Gasteiger partial charge in [0.1, 0.15) is 5.15 Å². The summed E-state index contributed by atoms with van der Waals surface area (Å²) in [5, 5.41) is 2.64. The molecule has 5 nitrogen and oxygen atoms in total. The minimum absolute atomic E-state index is 0.124. The predicted octanol–water partition coefficient (Wildman–Crippen LogP) is 1.89. The van der Waals surface area contributed by atoms with E-state index >= 15 is 0 Å². The Morgan fingerprint density at radius 2 is 2.19 bits per heavy atom. The minimum Gasteiger partial charge on any atom is -0.459 e. The van der Waals surface area contributed by atoms with Crippen LogP contribution in [0.4, 0.5) is 5.69 Å². The maximum absolute atomic E-state index is 11.2. The Balaban J connectivity index is 2.73. The SMILES string of the molecule is CCOC(=O)C(=O)Nc1cnc(Cl)cc1Cl. The number of pyridine rings is 1. The Kier molecular flexibility index (Phi) is 4.52. The van der Waals surface area contributed by atoms with Gasteiger partial charge in [-0.25, -0.2) is 9.78 Å². The van der Waals surface area contributed by atoms with E-state index < -0.39 is 11.9 Å². The number of ether oxygens (including phenoxy) is 1. The summed E-state index contributed by atoms with van der Waals surface area (Å²) < 4.78 is 4.50. The number of hydrogen-bond donors (Lipinski definition) is 1. The summed E-state index contributed by atoms with van der Waals surface area (Å²) in [7, 11) is 0. The van der Waals surface area contributed by atoms with Gasteiger partial charge in [0.05, 0.1) is 23.5 Å². The fourth-order valence-corrected chi connectivity index (χ4v) is 1.28. The van der Waals surface area contributed by atoms with Gasteiger partial charge in [-0.1, -0.05) is 23.2 Å². The molecule has 1 rings (SSSR count). The highest BCUT2D eigenvalue weighted by Crippen LogP contribution is 2.22. The van der Waals surface area contributed by atoms with Gasteiger partial charge < -0.3 is 10.1 Å². The van der Waals surface area contributed by atoms with Gasteiger partial charge in [0.2, 0.25) is 0 Å². The zero-order chi connectivity index (χ0) is 12.1. The summed E-state index contributed by atoms with van der Waals surface area (Å²) in [6, 6.07) is 1.35. The molecule has 0 unspecified atom stereocenters. The first-order chi connectivity index (χ1) is 7.54. The molecular weight excluding hydrogens is 255 g/mol. The minimum atomic E-state index is -0.978. The van der Waals surface area contributed by atoms with Crippen molar-refractivity contribution in [3.05, 3.63) is 22.4 Å². The quantitative estimate of drug-likeness (QED) is 0.502. The van der Waals surface area contributed by atoms with E-state index in [0.29, 0.717) is 0 Å². The van der Waals surface area contributed by atoms with Crippen LogP contribution in [0.1, 0.15) is 6.92 Å². The summed E-state index contributed by atoms with van der Waals surface area (Å²) in [6.45, 7) is 1.72. The number of hydrogen-bond acceptors (Lipinski definition) is 4. The second kappa shape index (κ2) is 5.67. The molecule has 1 heterocycles. The molecule has 1 amide bonds. The first-order valence-corrected chi connectivity index (χ1v) is 5.09. The molecule has 0 aliphatic rings. The lowest BCUT2D eigenvalue weighted by molar-refractivity contribution is -0.152. The third-order valence-electron chi connectivity index (χ3n) is 1.53. The Morgan fingerprint density at radius 1 is 1.50 bits per heavy atom. The van der Waals surface area contributed by atoms with Crippen molar-refractivity contribution in [2.75, 3.05) is 11.9 Å². The van der Waals surface area contributed by atoms with Gasteiger partial charge in [0.25, 0.3) is 0 Å². The van der Waals surface area contributed by atoms with E-state index in [1.165, 1.54) is 12.3 Å². The molecule has 0 fully saturated rings. The largest absolute Gasteiger partial charge is 0.459 e. The second-order valence-electron chi connectivity index (χ2n) is 2.66. The molecule has 0 bridgehead atoms. The number of aromatic nitrogens is 1. The lowest BCUT2D eigenvalue weighted by Gasteiger charge is -2.05. The zero-order valence-corrected chi connectivity index (χ0v) is 9.80. The van der Waals surface area contributed by atoms with E-state index in [1.54, 1.807) is 6.92 Å². The van der Waals surface area contributed by atoms with E-state index in [0.717, 1.165) is 0 Å². The van der Waals surface area contributed by atoms with Crippen LogP contribution in [0.15, 0.2) is 12.3 Å². The smallest absolute Gasteiger partial charge is 0.397 e. The molecular formula is C9H8Cl2N2O3. The fourth-order valence-electron chi connectivity index (χ4n) is 0.869. The molecule has 86 valence electrons. The van der Waals surface area contributed by atoms with E-state index in [2.05, 4.69) is 15.0 Å². The normalized spacial score (nSPS) is 9.69. The third kappa shape index (κ3) is 3.36. The molecule has 0 radical (unpaired) electrons. The Labute approximate surface area is 102 Å². The van der Waals surface area contributed by atoms with Crippen LogP contribution in [0.3, 0.4) is 0 Å². The van der Waals surface area contributed by atoms with Gasteiger partial charge in [-0.15, -0.1) is 0 Å². The molecule has 7 heteroatoms. The van der Waals surface area contributed by atoms with Crippen LogP contribution in [-0.4, -0.2) is 23.5 Å². The first kappa shape index (κ1) is 12.7. The maximum Gasteiger partial charge on any atom is 0.397 e. The molecule has 0 aliphatic carbocycles. The number of anilines is 1. The van der Waals surface area contributed by atoms with Crippen LogP contribution in [0, 0.1) is 0 Å². The third-order valence-corrected chi connectivity index (χ3v) is 2.05. The monoisotopic (exact) mass is 262 g/mol. The van der Waals surface area contributed by atoms with E-state index in [1.807, 2.05) is 0 Å². The summed E-state index contributed by atoms with van der Waals surface area (Å²) in [4.78, 5) is 25.9. The van der Waals surface area contributed by atoms with Crippen LogP contribution in [0.5, 0.6) is 0 Å². The highest BCUT2D eigenvalue weighted by Gasteiger charge is 2.16. The standard InChI is InChI=1S/C9H8Cl2N2O3/c1-2-16-9(15)8(14)13-6-4-12-7(11)3-5(6)10/h3-4H,2H2,1H3,(H,13,14). The molecule has 1 aromatic heterocycles. The summed E-state index contributed by atoms with van der Waals surface area (Å²) >= 11 is 11.3. The van der Waals surface area contributed by atoms with Gasteiger partial charge >= 0.3 is 11.9 Å². The van der Waals surface area contributed by atoms with Crippen molar-refractivity contribution in [2.45, 2.75) is 6.92 Å². The number of esters is 1. The molecule has 0 spiro atoms. The Bertz CT molecular complexity index is 423. The van der Waals surface area contributed by atoms with Gasteiger partial charge in [-0.05, 0) is 13.0 Å². The first-order valence-electron chi connectivity index (χ1n) is 4.33. The van der Waals surface area contributed by atoms with Crippen LogP contribution in [0.25, 0.3) is 0 Å². The van der Waals surface area contributed by atoms with Crippen LogP contribution in [-0.2, 0) is 14.3 Å². The topological polar surface area (TPSA) is 68.3 Å². The lowest BCUT2D eigenvalue weighted by Crippen LogP contribution is -2.25. The zero-order valence-electron chi connectivity index (χ0n) is 8.29. The maximum atomic E-state index is 11.2. The summed E-state index contributed by atoms with van der Waals surface area (Å²) in [6.07, 6.45) is 1.25. The highest BCUT2D eigenvalue weighted by atomic mass is 35.5. The van der Waals surface area contributed by atoms with E-state index in [4.69, 9.17) is 23.2 Å². The number of nitrogens with one attached hydrogen (secondary N) is 1. The Morgan fingerprint density at radius 3 is 2.75 bits per heavy atom. The lowest BCUT2D eigenvalue weighted by atomic mass is 10.4. The van der Waals surface area contributed by atoms with Crippen molar-refractivity contribution in [2.24, 2.45) is 0 Å².